The first-order valence-electron chi connectivity index (χ1n) is 13.1. The molecular formula is C30H28N6O3S. The predicted octanol–water partition coefficient (Wildman–Crippen LogP) is 5.05. The number of hydrogen-bond acceptors (Lipinski definition) is 7. The fraction of sp³-hybridized carbons (Fsp3) is 0.233. The maximum Gasteiger partial charge on any atom is 0.264 e. The molecule has 0 radical (unpaired) electrons. The van der Waals surface area contributed by atoms with E-state index in [1.165, 1.54) is 11.3 Å². The highest BCUT2D eigenvalue weighted by Gasteiger charge is 2.30. The molecule has 202 valence electrons. The summed E-state index contributed by atoms with van der Waals surface area (Å²) in [7, 11) is 3.47. The number of anilines is 1. The molecule has 0 bridgehead atoms. The number of nitrogens with zero attached hydrogens (tertiary/aromatic N) is 5. The van der Waals surface area contributed by atoms with Crippen LogP contribution in [0.5, 0.6) is 0 Å². The molecule has 2 aliphatic carbocycles. The standard InChI is InChI=1S/C30H28N6O3S/c1-35(2)29(38)19-10-12-21(13-11-19)36-27-23(26(34-36)20-7-6-16-31-17-20)14-15-24-28(27)40-30(32-24)33-25(37)18-39-22-8-4-3-5-9-22/h4,6-13,16-17H,3,5,14-15,18H2,1-2H3,(H,32,33,37). The van der Waals surface area contributed by atoms with E-state index in [9.17, 15) is 9.59 Å². The first-order chi connectivity index (χ1) is 19.5. The molecule has 0 saturated carbocycles. The van der Waals surface area contributed by atoms with Gasteiger partial charge in [0.1, 0.15) is 5.76 Å². The molecule has 4 aromatic rings. The average molecular weight is 553 g/mol. The SMILES string of the molecule is CN(C)C(=O)c1ccc(-n2nc(-c3cccnc3)c3c2-c2sc(NC(=O)COC4=CCCC=C4)nc2CC3)cc1. The highest BCUT2D eigenvalue weighted by Crippen LogP contribution is 2.44. The number of carbonyl (C=O) groups is 2. The molecule has 0 unspecified atom stereocenters. The van der Waals surface area contributed by atoms with E-state index in [2.05, 4.69) is 10.3 Å². The van der Waals surface area contributed by atoms with Crippen LogP contribution in [0.15, 0.2) is 72.8 Å². The number of aryl methyl sites for hydroxylation is 1. The Morgan fingerprint density at radius 1 is 1.12 bits per heavy atom. The summed E-state index contributed by atoms with van der Waals surface area (Å²) in [5, 5.41) is 8.47. The van der Waals surface area contributed by atoms with E-state index in [-0.39, 0.29) is 18.4 Å². The van der Waals surface area contributed by atoms with Gasteiger partial charge in [0.05, 0.1) is 27.6 Å². The van der Waals surface area contributed by atoms with Gasteiger partial charge >= 0.3 is 0 Å². The van der Waals surface area contributed by atoms with E-state index < -0.39 is 0 Å². The van der Waals surface area contributed by atoms with Crippen LogP contribution in [0.3, 0.4) is 0 Å². The molecule has 2 aliphatic rings. The second-order valence-electron chi connectivity index (χ2n) is 9.79. The van der Waals surface area contributed by atoms with Crippen LogP contribution in [0.25, 0.3) is 27.5 Å². The van der Waals surface area contributed by atoms with Crippen molar-refractivity contribution in [3.05, 3.63) is 89.6 Å². The molecule has 0 spiro atoms. The predicted molar refractivity (Wildman–Crippen MR) is 154 cm³/mol. The lowest BCUT2D eigenvalue weighted by molar-refractivity contribution is -0.119. The van der Waals surface area contributed by atoms with E-state index >= 15 is 0 Å². The van der Waals surface area contributed by atoms with E-state index in [4.69, 9.17) is 14.8 Å². The number of benzene rings is 1. The lowest BCUT2D eigenvalue weighted by Gasteiger charge is -2.15. The third-order valence-electron chi connectivity index (χ3n) is 6.78. The van der Waals surface area contributed by atoms with Gasteiger partial charge in [0.25, 0.3) is 11.8 Å². The number of hydrogen-bond donors (Lipinski definition) is 1. The van der Waals surface area contributed by atoms with Crippen LogP contribution in [0.1, 0.15) is 34.5 Å². The molecule has 9 nitrogen and oxygen atoms in total. The van der Waals surface area contributed by atoms with Crippen LogP contribution in [-0.4, -0.2) is 57.2 Å². The largest absolute Gasteiger partial charge is 0.484 e. The Morgan fingerprint density at radius 2 is 1.98 bits per heavy atom. The van der Waals surface area contributed by atoms with Gasteiger partial charge in [0.15, 0.2) is 11.7 Å². The van der Waals surface area contributed by atoms with E-state index in [1.807, 2.05) is 65.5 Å². The van der Waals surface area contributed by atoms with Crippen molar-refractivity contribution in [2.45, 2.75) is 25.7 Å². The quantitative estimate of drug-likeness (QED) is 0.344. The van der Waals surface area contributed by atoms with Crippen molar-refractivity contribution in [2.24, 2.45) is 0 Å². The molecule has 0 saturated heterocycles. The summed E-state index contributed by atoms with van der Waals surface area (Å²) in [6, 6.07) is 11.3. The number of allylic oxidation sites excluding steroid dienone is 3. The third kappa shape index (κ3) is 5.05. The Morgan fingerprint density at radius 3 is 2.70 bits per heavy atom. The Balaban J connectivity index is 1.34. The normalized spacial score (nSPS) is 13.7. The number of fused-ring (bicyclic) bond motifs is 3. The second-order valence-corrected chi connectivity index (χ2v) is 10.8. The number of amides is 2. The zero-order chi connectivity index (χ0) is 27.6. The zero-order valence-electron chi connectivity index (χ0n) is 22.3. The smallest absolute Gasteiger partial charge is 0.264 e. The molecular weight excluding hydrogens is 524 g/mol. The molecule has 10 heteroatoms. The lowest BCUT2D eigenvalue weighted by atomic mass is 9.95. The van der Waals surface area contributed by atoms with Crippen molar-refractivity contribution in [3.63, 3.8) is 0 Å². The zero-order valence-corrected chi connectivity index (χ0v) is 23.1. The summed E-state index contributed by atoms with van der Waals surface area (Å²) in [6.07, 6.45) is 12.9. The van der Waals surface area contributed by atoms with Crippen molar-refractivity contribution in [1.82, 2.24) is 24.6 Å². The molecule has 3 aromatic heterocycles. The van der Waals surface area contributed by atoms with Gasteiger partial charge in [-0.25, -0.2) is 9.67 Å². The minimum Gasteiger partial charge on any atom is -0.484 e. The molecule has 6 rings (SSSR count). The maximum atomic E-state index is 12.6. The van der Waals surface area contributed by atoms with E-state index in [0.717, 1.165) is 70.2 Å². The topological polar surface area (TPSA) is 102 Å². The van der Waals surface area contributed by atoms with Crippen molar-refractivity contribution < 1.29 is 14.3 Å². The monoisotopic (exact) mass is 552 g/mol. The highest BCUT2D eigenvalue weighted by molar-refractivity contribution is 7.19. The van der Waals surface area contributed by atoms with Crippen LogP contribution >= 0.6 is 11.3 Å². The second kappa shape index (κ2) is 10.9. The summed E-state index contributed by atoms with van der Waals surface area (Å²) in [5.41, 5.74) is 6.20. The first kappa shape index (κ1) is 25.7. The number of pyridine rings is 1. The van der Waals surface area contributed by atoms with Crippen molar-refractivity contribution in [1.29, 1.82) is 0 Å². The summed E-state index contributed by atoms with van der Waals surface area (Å²) in [5.74, 6) is 0.404. The summed E-state index contributed by atoms with van der Waals surface area (Å²) >= 11 is 1.43. The van der Waals surface area contributed by atoms with Gasteiger partial charge in [-0.15, -0.1) is 0 Å². The number of aromatic nitrogens is 4. The van der Waals surface area contributed by atoms with Crippen molar-refractivity contribution in [3.8, 4) is 27.5 Å². The molecule has 3 heterocycles. The van der Waals surface area contributed by atoms with Gasteiger partial charge in [-0.1, -0.05) is 17.4 Å². The number of ether oxygens (including phenoxy) is 1. The molecule has 0 atom stereocenters. The van der Waals surface area contributed by atoms with E-state index in [0.29, 0.717) is 10.7 Å². The summed E-state index contributed by atoms with van der Waals surface area (Å²) in [6.45, 7) is -0.0766. The minimum atomic E-state index is -0.253. The van der Waals surface area contributed by atoms with Gasteiger partial charge in [-0.3, -0.25) is 19.9 Å². The van der Waals surface area contributed by atoms with Gasteiger partial charge in [-0.2, -0.15) is 5.10 Å². The fourth-order valence-corrected chi connectivity index (χ4v) is 5.94. The van der Waals surface area contributed by atoms with E-state index in [1.54, 1.807) is 25.2 Å². The summed E-state index contributed by atoms with van der Waals surface area (Å²) < 4.78 is 7.55. The van der Waals surface area contributed by atoms with Gasteiger partial charge in [0, 0.05) is 43.2 Å². The molecule has 1 aromatic carbocycles. The Kier molecular flexibility index (Phi) is 7.00. The fourth-order valence-electron chi connectivity index (χ4n) is 4.85. The Bertz CT molecular complexity index is 1630. The minimum absolute atomic E-state index is 0.0602. The molecule has 40 heavy (non-hydrogen) atoms. The van der Waals surface area contributed by atoms with Crippen LogP contribution in [0.2, 0.25) is 0 Å². The summed E-state index contributed by atoms with van der Waals surface area (Å²) in [4.78, 5) is 36.7. The van der Waals surface area contributed by atoms with Crippen LogP contribution in [0, 0.1) is 0 Å². The molecule has 0 aliphatic heterocycles. The molecule has 0 fully saturated rings. The van der Waals surface area contributed by atoms with Crippen LogP contribution in [0.4, 0.5) is 5.13 Å². The van der Waals surface area contributed by atoms with Gasteiger partial charge in [0.2, 0.25) is 0 Å². The number of rotatable bonds is 7. The van der Waals surface area contributed by atoms with Crippen LogP contribution in [-0.2, 0) is 22.4 Å². The number of nitrogens with one attached hydrogen (secondary N) is 1. The third-order valence-corrected chi connectivity index (χ3v) is 7.80. The van der Waals surface area contributed by atoms with Gasteiger partial charge < -0.3 is 9.64 Å². The first-order valence-corrected chi connectivity index (χ1v) is 13.9. The van der Waals surface area contributed by atoms with Crippen molar-refractivity contribution in [2.75, 3.05) is 26.0 Å². The molecule has 2 amide bonds. The lowest BCUT2D eigenvalue weighted by Crippen LogP contribution is -2.21. The number of thiazole rings is 1. The van der Waals surface area contributed by atoms with Gasteiger partial charge in [-0.05, 0) is 74.2 Å². The Labute approximate surface area is 235 Å². The maximum absolute atomic E-state index is 12.6. The van der Waals surface area contributed by atoms with Crippen LogP contribution < -0.4 is 5.32 Å². The number of carbonyl (C=O) groups excluding carboxylic acids is 2. The average Bonchev–Trinajstić information content (AvgIpc) is 3.58. The Hall–Kier alpha value is -4.57. The molecule has 1 N–H and O–H groups in total. The highest BCUT2D eigenvalue weighted by atomic mass is 32.1. The van der Waals surface area contributed by atoms with Crippen molar-refractivity contribution >= 4 is 28.3 Å².